The third-order valence-corrected chi connectivity index (χ3v) is 5.33. The minimum absolute atomic E-state index is 0.195. The number of aliphatic hydroxyl groups is 1. The Morgan fingerprint density at radius 1 is 1.09 bits per heavy atom. The Kier molecular flexibility index (Phi) is 8.56. The number of carbonyl (C=O) groups is 1. The number of hydrogen-bond acceptors (Lipinski definition) is 3. The molecule has 0 saturated heterocycles. The Morgan fingerprint density at radius 3 is 2.13 bits per heavy atom. The van der Waals surface area contributed by atoms with Gasteiger partial charge in [0.15, 0.2) is 0 Å². The van der Waals surface area contributed by atoms with E-state index in [4.69, 9.17) is 9.84 Å². The molecule has 0 aliphatic heterocycles. The summed E-state index contributed by atoms with van der Waals surface area (Å²) in [5.41, 5.74) is -0.415. The minimum atomic E-state index is -0.723. The van der Waals surface area contributed by atoms with Crippen LogP contribution in [0.2, 0.25) is 0 Å². The van der Waals surface area contributed by atoms with Gasteiger partial charge < -0.3 is 14.9 Å². The maximum atomic E-state index is 11.0. The Labute approximate surface area is 141 Å². The first kappa shape index (κ1) is 20.4. The number of aliphatic carboxylic acids is 1. The van der Waals surface area contributed by atoms with Gasteiger partial charge in [0.1, 0.15) is 0 Å². The summed E-state index contributed by atoms with van der Waals surface area (Å²) >= 11 is 0. The first-order chi connectivity index (χ1) is 10.8. The van der Waals surface area contributed by atoms with Crippen LogP contribution in [0.3, 0.4) is 0 Å². The molecule has 1 aliphatic rings. The SMILES string of the molecule is COC1(CCCCCC(O)CCCCCC(C)(C)C(=O)O)CC1. The predicted octanol–water partition coefficient (Wildman–Crippen LogP) is 4.54. The molecule has 136 valence electrons. The maximum absolute atomic E-state index is 11.0. The summed E-state index contributed by atoms with van der Waals surface area (Å²) < 4.78 is 5.50. The second-order valence-corrected chi connectivity index (χ2v) is 7.93. The standard InChI is InChI=1S/C19H36O4/c1-18(2,17(21)22)12-8-4-6-10-16(20)11-7-5-9-13-19(23-3)14-15-19/h16,20H,4-15H2,1-3H3,(H,21,22). The molecule has 4 heteroatoms. The fourth-order valence-electron chi connectivity index (χ4n) is 3.07. The number of unbranched alkanes of at least 4 members (excludes halogenated alkanes) is 4. The molecule has 0 aromatic heterocycles. The number of carboxylic acid groups (broad SMARTS) is 1. The van der Waals surface area contributed by atoms with Crippen LogP contribution in [0.4, 0.5) is 0 Å². The number of methoxy groups -OCH3 is 1. The van der Waals surface area contributed by atoms with Crippen LogP contribution >= 0.6 is 0 Å². The Balaban J connectivity index is 1.92. The second kappa shape index (κ2) is 9.63. The lowest BCUT2D eigenvalue weighted by molar-refractivity contribution is -0.147. The van der Waals surface area contributed by atoms with Crippen LogP contribution in [-0.4, -0.2) is 35.0 Å². The summed E-state index contributed by atoms with van der Waals surface area (Å²) in [6.07, 6.45) is 12.2. The van der Waals surface area contributed by atoms with Crippen molar-refractivity contribution in [2.24, 2.45) is 5.41 Å². The lowest BCUT2D eigenvalue weighted by atomic mass is 9.87. The molecule has 1 atom stereocenters. The summed E-state index contributed by atoms with van der Waals surface area (Å²) in [6, 6.07) is 0. The topological polar surface area (TPSA) is 66.8 Å². The molecule has 1 rings (SSSR count). The van der Waals surface area contributed by atoms with Crippen molar-refractivity contribution < 1.29 is 19.7 Å². The molecule has 23 heavy (non-hydrogen) atoms. The van der Waals surface area contributed by atoms with Gasteiger partial charge in [-0.15, -0.1) is 0 Å². The van der Waals surface area contributed by atoms with E-state index in [0.29, 0.717) is 6.42 Å². The summed E-state index contributed by atoms with van der Waals surface area (Å²) in [5, 5.41) is 19.0. The van der Waals surface area contributed by atoms with Crippen molar-refractivity contribution in [2.45, 2.75) is 103 Å². The molecule has 2 N–H and O–H groups in total. The molecule has 1 fully saturated rings. The van der Waals surface area contributed by atoms with Gasteiger partial charge in [-0.3, -0.25) is 4.79 Å². The van der Waals surface area contributed by atoms with Gasteiger partial charge in [-0.25, -0.2) is 0 Å². The molecule has 0 heterocycles. The van der Waals surface area contributed by atoms with Gasteiger partial charge in [0.25, 0.3) is 0 Å². The first-order valence-electron chi connectivity index (χ1n) is 9.28. The molecular formula is C19H36O4. The molecule has 1 aliphatic carbocycles. The Morgan fingerprint density at radius 2 is 1.65 bits per heavy atom. The van der Waals surface area contributed by atoms with Crippen molar-refractivity contribution in [1.82, 2.24) is 0 Å². The van der Waals surface area contributed by atoms with Crippen molar-refractivity contribution in [1.29, 1.82) is 0 Å². The van der Waals surface area contributed by atoms with Gasteiger partial charge in [-0.05, 0) is 52.4 Å². The summed E-state index contributed by atoms with van der Waals surface area (Å²) in [6.45, 7) is 3.55. The van der Waals surface area contributed by atoms with Crippen LogP contribution in [0, 0.1) is 5.41 Å². The smallest absolute Gasteiger partial charge is 0.309 e. The van der Waals surface area contributed by atoms with Crippen molar-refractivity contribution in [2.75, 3.05) is 7.11 Å². The summed E-state index contributed by atoms with van der Waals surface area (Å²) in [5.74, 6) is -0.723. The monoisotopic (exact) mass is 328 g/mol. The Bertz CT molecular complexity index is 347. The molecule has 0 amide bonds. The van der Waals surface area contributed by atoms with E-state index in [1.54, 1.807) is 13.8 Å². The highest BCUT2D eigenvalue weighted by atomic mass is 16.5. The molecule has 0 radical (unpaired) electrons. The summed E-state index contributed by atoms with van der Waals surface area (Å²) in [4.78, 5) is 11.0. The van der Waals surface area contributed by atoms with Crippen molar-refractivity contribution >= 4 is 5.97 Å². The average Bonchev–Trinajstić information content (AvgIpc) is 3.27. The fraction of sp³-hybridized carbons (Fsp3) is 0.947. The van der Waals surface area contributed by atoms with Crippen LogP contribution in [-0.2, 0) is 9.53 Å². The van der Waals surface area contributed by atoms with Gasteiger partial charge in [0.2, 0.25) is 0 Å². The van der Waals surface area contributed by atoms with E-state index in [1.807, 2.05) is 7.11 Å². The van der Waals surface area contributed by atoms with Gasteiger partial charge in [0, 0.05) is 7.11 Å². The minimum Gasteiger partial charge on any atom is -0.481 e. The fourth-order valence-corrected chi connectivity index (χ4v) is 3.07. The van der Waals surface area contributed by atoms with E-state index in [2.05, 4.69) is 0 Å². The van der Waals surface area contributed by atoms with Crippen LogP contribution in [0.1, 0.15) is 90.9 Å². The lowest BCUT2D eigenvalue weighted by Crippen LogP contribution is -2.23. The molecular weight excluding hydrogens is 292 g/mol. The zero-order valence-electron chi connectivity index (χ0n) is 15.3. The number of aliphatic hydroxyl groups excluding tert-OH is 1. The molecule has 4 nitrogen and oxygen atoms in total. The van der Waals surface area contributed by atoms with Crippen molar-refractivity contribution in [3.05, 3.63) is 0 Å². The molecule has 1 saturated carbocycles. The van der Waals surface area contributed by atoms with E-state index >= 15 is 0 Å². The van der Waals surface area contributed by atoms with E-state index in [1.165, 1.54) is 32.1 Å². The molecule has 0 bridgehead atoms. The van der Waals surface area contributed by atoms with Crippen LogP contribution in [0.15, 0.2) is 0 Å². The second-order valence-electron chi connectivity index (χ2n) is 7.93. The van der Waals surface area contributed by atoms with E-state index < -0.39 is 11.4 Å². The first-order valence-corrected chi connectivity index (χ1v) is 9.28. The quantitative estimate of drug-likeness (QED) is 0.459. The third kappa shape index (κ3) is 8.16. The van der Waals surface area contributed by atoms with Crippen molar-refractivity contribution in [3.63, 3.8) is 0 Å². The van der Waals surface area contributed by atoms with Crippen LogP contribution < -0.4 is 0 Å². The Hall–Kier alpha value is -0.610. The number of rotatable bonds is 14. The highest BCUT2D eigenvalue weighted by Gasteiger charge is 2.41. The zero-order valence-corrected chi connectivity index (χ0v) is 15.3. The van der Waals surface area contributed by atoms with Crippen LogP contribution in [0.5, 0.6) is 0 Å². The zero-order chi connectivity index (χ0) is 17.3. The number of ether oxygens (including phenoxy) is 1. The van der Waals surface area contributed by atoms with E-state index in [9.17, 15) is 9.90 Å². The molecule has 0 spiro atoms. The molecule has 1 unspecified atom stereocenters. The highest BCUT2D eigenvalue weighted by molar-refractivity contribution is 5.73. The van der Waals surface area contributed by atoms with Gasteiger partial charge in [0.05, 0.1) is 17.1 Å². The molecule has 0 aromatic rings. The van der Waals surface area contributed by atoms with E-state index in [-0.39, 0.29) is 11.7 Å². The normalized spacial score (nSPS) is 17.9. The van der Waals surface area contributed by atoms with E-state index in [0.717, 1.165) is 38.5 Å². The van der Waals surface area contributed by atoms with Gasteiger partial charge >= 0.3 is 5.97 Å². The number of carboxylic acids is 1. The third-order valence-electron chi connectivity index (χ3n) is 5.33. The van der Waals surface area contributed by atoms with Gasteiger partial charge in [-0.2, -0.15) is 0 Å². The van der Waals surface area contributed by atoms with Gasteiger partial charge in [-0.1, -0.05) is 38.5 Å². The predicted molar refractivity (Wildman–Crippen MR) is 92.6 cm³/mol. The highest BCUT2D eigenvalue weighted by Crippen LogP contribution is 2.43. The summed E-state index contributed by atoms with van der Waals surface area (Å²) in [7, 11) is 1.81. The molecule has 0 aromatic carbocycles. The maximum Gasteiger partial charge on any atom is 0.309 e. The van der Waals surface area contributed by atoms with Crippen LogP contribution in [0.25, 0.3) is 0 Å². The van der Waals surface area contributed by atoms with Crippen molar-refractivity contribution in [3.8, 4) is 0 Å². The largest absolute Gasteiger partial charge is 0.481 e. The lowest BCUT2D eigenvalue weighted by Gasteiger charge is -2.18. The average molecular weight is 328 g/mol. The number of hydrogen-bond donors (Lipinski definition) is 2.